The number of rotatable bonds is 3. The van der Waals surface area contributed by atoms with Crippen LogP contribution in [0.4, 0.5) is 5.69 Å². The summed E-state index contributed by atoms with van der Waals surface area (Å²) in [4.78, 5) is 25.6. The first-order chi connectivity index (χ1) is 9.74. The molecule has 0 saturated heterocycles. The van der Waals surface area contributed by atoms with E-state index in [9.17, 15) is 4.79 Å². The molecule has 2 aliphatic heterocycles. The van der Waals surface area contributed by atoms with Gasteiger partial charge in [0.1, 0.15) is 6.04 Å². The summed E-state index contributed by atoms with van der Waals surface area (Å²) in [5.41, 5.74) is 1.00. The van der Waals surface area contributed by atoms with Crippen LogP contribution in [-0.4, -0.2) is 46.8 Å². The van der Waals surface area contributed by atoms with Gasteiger partial charge in [-0.05, 0) is 12.1 Å². The molecule has 3 rings (SSSR count). The van der Waals surface area contributed by atoms with Gasteiger partial charge in [-0.1, -0.05) is 30.0 Å². The summed E-state index contributed by atoms with van der Waals surface area (Å²) >= 11 is 1.12. The fraction of sp³-hybridized carbons (Fsp3) is 0.231. The summed E-state index contributed by atoms with van der Waals surface area (Å²) in [6.45, 7) is 0. The number of aliphatic carboxylic acids is 1. The van der Waals surface area contributed by atoms with Crippen molar-refractivity contribution in [3.63, 3.8) is 0 Å². The zero-order valence-corrected chi connectivity index (χ0v) is 11.3. The molecule has 0 bridgehead atoms. The molecule has 0 aromatic heterocycles. The van der Waals surface area contributed by atoms with Crippen molar-refractivity contribution in [3.05, 3.63) is 30.3 Å². The molecule has 102 valence electrons. The molecule has 7 heteroatoms. The van der Waals surface area contributed by atoms with E-state index >= 15 is 0 Å². The number of amidine groups is 1. The lowest BCUT2D eigenvalue weighted by atomic mass is 10.2. The molecule has 20 heavy (non-hydrogen) atoms. The third kappa shape index (κ3) is 2.57. The number of carboxylic acids is 1. The Balaban J connectivity index is 1.79. The Morgan fingerprint density at radius 3 is 2.90 bits per heavy atom. The first-order valence-electron chi connectivity index (χ1n) is 6.07. The van der Waals surface area contributed by atoms with E-state index in [0.29, 0.717) is 5.17 Å². The van der Waals surface area contributed by atoms with Crippen LogP contribution in [0.25, 0.3) is 0 Å². The molecular weight excluding hydrogens is 276 g/mol. The number of thioether (sulfide) groups is 1. The smallest absolute Gasteiger partial charge is 0.313 e. The molecule has 1 aromatic rings. The number of benzene rings is 1. The fourth-order valence-electron chi connectivity index (χ4n) is 2.02. The number of hydrogen-bond donors (Lipinski definition) is 1. The first kappa shape index (κ1) is 12.9. The highest BCUT2D eigenvalue weighted by atomic mass is 32.2. The molecule has 0 saturated carbocycles. The van der Waals surface area contributed by atoms with Gasteiger partial charge in [-0.2, -0.15) is 0 Å². The number of hydrogen-bond acceptors (Lipinski definition) is 6. The first-order valence-corrected chi connectivity index (χ1v) is 7.06. The molecule has 0 amide bonds. The molecule has 0 aliphatic carbocycles. The van der Waals surface area contributed by atoms with Gasteiger partial charge in [-0.15, -0.1) is 0 Å². The van der Waals surface area contributed by atoms with Gasteiger partial charge in [0.25, 0.3) is 0 Å². The molecule has 0 fully saturated rings. The third-order valence-electron chi connectivity index (χ3n) is 2.91. The van der Waals surface area contributed by atoms with Crippen LogP contribution in [0.15, 0.2) is 45.3 Å². The maximum absolute atomic E-state index is 10.6. The molecule has 2 aliphatic rings. The molecule has 2 atom stereocenters. The highest BCUT2D eigenvalue weighted by molar-refractivity contribution is 8.14. The van der Waals surface area contributed by atoms with Crippen LogP contribution in [0.2, 0.25) is 0 Å². The SMILES string of the molecule is O=C(O)CSC1=NC2C(C=N1)N=CN2c1ccccc1. The van der Waals surface area contributed by atoms with Crippen molar-refractivity contribution in [1.29, 1.82) is 0 Å². The van der Waals surface area contributed by atoms with E-state index in [4.69, 9.17) is 5.11 Å². The molecule has 1 aromatic carbocycles. The van der Waals surface area contributed by atoms with Gasteiger partial charge < -0.3 is 10.0 Å². The van der Waals surface area contributed by atoms with E-state index in [1.807, 2.05) is 35.2 Å². The summed E-state index contributed by atoms with van der Waals surface area (Å²) in [7, 11) is 0. The molecule has 2 unspecified atom stereocenters. The number of carbonyl (C=O) groups is 1. The van der Waals surface area contributed by atoms with E-state index in [0.717, 1.165) is 17.4 Å². The molecular formula is C13H12N4O2S. The predicted octanol–water partition coefficient (Wildman–Crippen LogP) is 1.49. The zero-order valence-electron chi connectivity index (χ0n) is 10.5. The van der Waals surface area contributed by atoms with Gasteiger partial charge in [0, 0.05) is 11.9 Å². The van der Waals surface area contributed by atoms with Crippen LogP contribution in [0.5, 0.6) is 0 Å². The van der Waals surface area contributed by atoms with Gasteiger partial charge in [0.05, 0.1) is 12.1 Å². The Labute approximate surface area is 119 Å². The Hall–Kier alpha value is -2.15. The number of nitrogens with zero attached hydrogens (tertiary/aromatic N) is 4. The van der Waals surface area contributed by atoms with E-state index < -0.39 is 5.97 Å². The van der Waals surface area contributed by atoms with E-state index in [-0.39, 0.29) is 18.0 Å². The van der Waals surface area contributed by atoms with E-state index in [1.165, 1.54) is 0 Å². The average Bonchev–Trinajstić information content (AvgIpc) is 2.89. The molecule has 0 spiro atoms. The van der Waals surface area contributed by atoms with Gasteiger partial charge in [0.2, 0.25) is 0 Å². The van der Waals surface area contributed by atoms with Crippen LogP contribution in [0, 0.1) is 0 Å². The van der Waals surface area contributed by atoms with Crippen LogP contribution < -0.4 is 4.90 Å². The van der Waals surface area contributed by atoms with Crippen molar-refractivity contribution in [2.24, 2.45) is 15.0 Å². The minimum atomic E-state index is -0.877. The van der Waals surface area contributed by atoms with Crippen molar-refractivity contribution in [3.8, 4) is 0 Å². The van der Waals surface area contributed by atoms with Crippen molar-refractivity contribution >= 4 is 41.1 Å². The Bertz CT molecular complexity index is 600. The lowest BCUT2D eigenvalue weighted by Crippen LogP contribution is -2.38. The minimum Gasteiger partial charge on any atom is -0.481 e. The lowest BCUT2D eigenvalue weighted by Gasteiger charge is -2.25. The third-order valence-corrected chi connectivity index (χ3v) is 3.77. The monoisotopic (exact) mass is 288 g/mol. The van der Waals surface area contributed by atoms with Crippen molar-refractivity contribution < 1.29 is 9.90 Å². The van der Waals surface area contributed by atoms with Crippen LogP contribution in [0.3, 0.4) is 0 Å². The number of anilines is 1. The maximum atomic E-state index is 10.6. The van der Waals surface area contributed by atoms with E-state index in [1.54, 1.807) is 12.6 Å². The topological polar surface area (TPSA) is 77.6 Å². The summed E-state index contributed by atoms with van der Waals surface area (Å²) in [5, 5.41) is 9.18. The summed E-state index contributed by atoms with van der Waals surface area (Å²) in [6.07, 6.45) is 3.30. The van der Waals surface area contributed by atoms with Crippen molar-refractivity contribution in [2.45, 2.75) is 12.2 Å². The van der Waals surface area contributed by atoms with Crippen LogP contribution >= 0.6 is 11.8 Å². The largest absolute Gasteiger partial charge is 0.481 e. The molecule has 0 radical (unpaired) electrons. The Morgan fingerprint density at radius 1 is 1.35 bits per heavy atom. The summed E-state index contributed by atoms with van der Waals surface area (Å²) in [6, 6.07) is 9.73. The second-order valence-corrected chi connectivity index (χ2v) is 5.23. The quantitative estimate of drug-likeness (QED) is 0.914. The molecule has 6 nitrogen and oxygen atoms in total. The fourth-order valence-corrected chi connectivity index (χ4v) is 2.59. The predicted molar refractivity (Wildman–Crippen MR) is 81.0 cm³/mol. The highest BCUT2D eigenvalue weighted by Gasteiger charge is 2.32. The minimum absolute atomic E-state index is 0.0419. The molecule has 2 heterocycles. The number of aliphatic imine (C=N–C) groups is 3. The van der Waals surface area contributed by atoms with Gasteiger partial charge in [0.15, 0.2) is 11.3 Å². The number of carboxylic acid groups (broad SMARTS) is 1. The summed E-state index contributed by atoms with van der Waals surface area (Å²) in [5.74, 6) is -0.919. The van der Waals surface area contributed by atoms with Gasteiger partial charge in [-0.25, -0.2) is 9.98 Å². The molecule has 1 N–H and O–H groups in total. The van der Waals surface area contributed by atoms with Crippen LogP contribution in [0.1, 0.15) is 0 Å². The normalized spacial score (nSPS) is 23.6. The second kappa shape index (κ2) is 5.46. The van der Waals surface area contributed by atoms with Crippen molar-refractivity contribution in [1.82, 2.24) is 0 Å². The standard InChI is InChI=1S/C13H12N4O2S/c18-11(19)7-20-13-14-6-10-12(16-13)17(8-15-10)9-4-2-1-3-5-9/h1-6,8,10,12H,7H2,(H,18,19). The van der Waals surface area contributed by atoms with Crippen LogP contribution in [-0.2, 0) is 4.79 Å². The van der Waals surface area contributed by atoms with Gasteiger partial charge in [-0.3, -0.25) is 9.79 Å². The average molecular weight is 288 g/mol. The Kier molecular flexibility index (Phi) is 3.51. The number of fused-ring (bicyclic) bond motifs is 1. The highest BCUT2D eigenvalue weighted by Crippen LogP contribution is 2.26. The van der Waals surface area contributed by atoms with Gasteiger partial charge >= 0.3 is 5.97 Å². The maximum Gasteiger partial charge on any atom is 0.313 e. The Morgan fingerprint density at radius 2 is 2.15 bits per heavy atom. The summed E-state index contributed by atoms with van der Waals surface area (Å²) < 4.78 is 0. The second-order valence-electron chi connectivity index (χ2n) is 4.28. The number of para-hydroxylation sites is 1. The van der Waals surface area contributed by atoms with E-state index in [2.05, 4.69) is 15.0 Å². The zero-order chi connectivity index (χ0) is 13.9. The lowest BCUT2D eigenvalue weighted by molar-refractivity contribution is -0.133. The van der Waals surface area contributed by atoms with Crippen molar-refractivity contribution in [2.75, 3.05) is 10.7 Å².